The largest absolute Gasteiger partial charge is 0.507 e. The highest BCUT2D eigenvalue weighted by atomic mass is 35.5. The zero-order valence-corrected chi connectivity index (χ0v) is 14.9. The van der Waals surface area contributed by atoms with Crippen molar-refractivity contribution >= 4 is 23.2 Å². The van der Waals surface area contributed by atoms with E-state index in [1.165, 1.54) is 12.1 Å². The highest BCUT2D eigenvalue weighted by Gasteiger charge is 2.34. The smallest absolute Gasteiger partial charge is 0.420 e. The first-order valence-corrected chi connectivity index (χ1v) is 8.08. The summed E-state index contributed by atoms with van der Waals surface area (Å²) in [5.74, 6) is -1.42. The lowest BCUT2D eigenvalue weighted by Gasteiger charge is -2.14. The molecule has 0 aliphatic carbocycles. The van der Waals surface area contributed by atoms with Crippen molar-refractivity contribution in [3.8, 4) is 22.9 Å². The summed E-state index contributed by atoms with van der Waals surface area (Å²) in [4.78, 5) is 24.9. The summed E-state index contributed by atoms with van der Waals surface area (Å²) in [6.45, 7) is 0. The maximum Gasteiger partial charge on any atom is 0.420 e. The average molecular weight is 434 g/mol. The summed E-state index contributed by atoms with van der Waals surface area (Å²) in [7, 11) is 0. The van der Waals surface area contributed by atoms with Gasteiger partial charge in [-0.15, -0.1) is 0 Å². The SMILES string of the molecule is O=c1cnn(-c2cc(Cl)c(Oc3ccc(O)c(C(F)(F)F)c3)c(Cl)c2)c(=O)[nH]1. The molecule has 2 aromatic carbocycles. The minimum Gasteiger partial charge on any atom is -0.507 e. The van der Waals surface area contributed by atoms with Crippen LogP contribution < -0.4 is 16.0 Å². The van der Waals surface area contributed by atoms with E-state index in [1.54, 1.807) is 0 Å². The van der Waals surface area contributed by atoms with E-state index < -0.39 is 28.7 Å². The quantitative estimate of drug-likeness (QED) is 0.655. The summed E-state index contributed by atoms with van der Waals surface area (Å²) in [6.07, 6.45) is -3.93. The zero-order valence-electron chi connectivity index (χ0n) is 13.4. The number of halogens is 5. The maximum absolute atomic E-state index is 12.9. The Kier molecular flexibility index (Phi) is 5.09. The van der Waals surface area contributed by atoms with Crippen molar-refractivity contribution in [2.75, 3.05) is 0 Å². The lowest BCUT2D eigenvalue weighted by Crippen LogP contribution is -2.30. The number of aromatic nitrogens is 3. The predicted octanol–water partition coefficient (Wildman–Crippen LogP) is 3.74. The summed E-state index contributed by atoms with van der Waals surface area (Å²) < 4.78 is 44.8. The van der Waals surface area contributed by atoms with Gasteiger partial charge in [-0.25, -0.2) is 4.79 Å². The summed E-state index contributed by atoms with van der Waals surface area (Å²) in [6, 6.07) is 4.95. The molecule has 2 N–H and O–H groups in total. The zero-order chi connectivity index (χ0) is 20.6. The minimum atomic E-state index is -4.79. The molecule has 146 valence electrons. The molecule has 0 spiro atoms. The fraction of sp³-hybridized carbons (Fsp3) is 0.0625. The molecule has 3 aromatic rings. The molecule has 12 heteroatoms. The number of aromatic amines is 1. The second kappa shape index (κ2) is 7.21. The Bertz CT molecular complexity index is 1150. The second-order valence-corrected chi connectivity index (χ2v) is 6.18. The molecule has 1 heterocycles. The van der Waals surface area contributed by atoms with Gasteiger partial charge in [0.2, 0.25) is 0 Å². The van der Waals surface area contributed by atoms with Crippen LogP contribution in [0.2, 0.25) is 10.0 Å². The van der Waals surface area contributed by atoms with Gasteiger partial charge in [0, 0.05) is 0 Å². The van der Waals surface area contributed by atoms with Gasteiger partial charge in [0.15, 0.2) is 5.75 Å². The Morgan fingerprint density at radius 3 is 2.32 bits per heavy atom. The molecule has 7 nitrogen and oxygen atoms in total. The Labute approximate surface area is 163 Å². The maximum atomic E-state index is 12.9. The van der Waals surface area contributed by atoms with Crippen LogP contribution in [0.15, 0.2) is 46.1 Å². The van der Waals surface area contributed by atoms with Crippen LogP contribution in [0.1, 0.15) is 5.56 Å². The number of alkyl halides is 3. The first-order chi connectivity index (χ1) is 13.1. The third kappa shape index (κ3) is 3.97. The Morgan fingerprint density at radius 2 is 1.75 bits per heavy atom. The van der Waals surface area contributed by atoms with Crippen LogP contribution in [0.5, 0.6) is 17.2 Å². The molecule has 0 unspecified atom stereocenters. The number of H-pyrrole nitrogens is 1. The number of hydrogen-bond donors (Lipinski definition) is 2. The van der Waals surface area contributed by atoms with Gasteiger partial charge < -0.3 is 9.84 Å². The van der Waals surface area contributed by atoms with Crippen LogP contribution in [0.25, 0.3) is 5.69 Å². The van der Waals surface area contributed by atoms with Crippen LogP contribution in [0.4, 0.5) is 13.2 Å². The van der Waals surface area contributed by atoms with Crippen LogP contribution in [-0.4, -0.2) is 19.9 Å². The second-order valence-electron chi connectivity index (χ2n) is 5.37. The first kappa shape index (κ1) is 19.8. The van der Waals surface area contributed by atoms with Crippen molar-refractivity contribution in [3.05, 3.63) is 73.0 Å². The van der Waals surface area contributed by atoms with Crippen LogP contribution in [0, 0.1) is 0 Å². The highest BCUT2D eigenvalue weighted by Crippen LogP contribution is 2.41. The van der Waals surface area contributed by atoms with E-state index in [2.05, 4.69) is 5.10 Å². The van der Waals surface area contributed by atoms with E-state index in [1.807, 2.05) is 4.98 Å². The van der Waals surface area contributed by atoms with E-state index in [4.69, 9.17) is 27.9 Å². The third-order valence-corrected chi connectivity index (χ3v) is 4.00. The number of rotatable bonds is 3. The summed E-state index contributed by atoms with van der Waals surface area (Å²) in [5, 5.41) is 12.7. The fourth-order valence-electron chi connectivity index (χ4n) is 2.23. The van der Waals surface area contributed by atoms with E-state index >= 15 is 0 Å². The van der Waals surface area contributed by atoms with E-state index in [0.717, 1.165) is 23.0 Å². The van der Waals surface area contributed by atoms with Crippen molar-refractivity contribution in [3.63, 3.8) is 0 Å². The standard InChI is InChI=1S/C16H8Cl2F3N3O4/c17-10-3-7(24-15(27)23-13(26)6-22-24)4-11(18)14(10)28-8-1-2-12(25)9(5-8)16(19,20)21/h1-6,25H,(H,23,26,27). The Morgan fingerprint density at radius 1 is 1.11 bits per heavy atom. The predicted molar refractivity (Wildman–Crippen MR) is 93.7 cm³/mol. The molecule has 0 aliphatic rings. The van der Waals surface area contributed by atoms with Crippen LogP contribution in [0.3, 0.4) is 0 Å². The lowest BCUT2D eigenvalue weighted by molar-refractivity contribution is -0.138. The number of ether oxygens (including phenoxy) is 1. The summed E-state index contributed by atoms with van der Waals surface area (Å²) >= 11 is 12.2. The van der Waals surface area contributed by atoms with Crippen LogP contribution in [-0.2, 0) is 6.18 Å². The number of nitrogens with zero attached hydrogens (tertiary/aromatic N) is 2. The van der Waals surface area contributed by atoms with E-state index in [0.29, 0.717) is 6.07 Å². The summed E-state index contributed by atoms with van der Waals surface area (Å²) in [5.41, 5.74) is -2.75. The number of phenolic OH excluding ortho intramolecular Hbond substituents is 1. The van der Waals surface area contributed by atoms with Crippen molar-refractivity contribution in [2.24, 2.45) is 0 Å². The molecule has 0 atom stereocenters. The van der Waals surface area contributed by atoms with Gasteiger partial charge in [0.25, 0.3) is 5.56 Å². The van der Waals surface area contributed by atoms with Gasteiger partial charge in [-0.3, -0.25) is 9.78 Å². The van der Waals surface area contributed by atoms with Gasteiger partial charge in [0.05, 0.1) is 15.7 Å². The molecule has 1 aromatic heterocycles. The van der Waals surface area contributed by atoms with Gasteiger partial charge in [-0.2, -0.15) is 23.0 Å². The Hall–Kier alpha value is -2.98. The molecule has 0 amide bonds. The van der Waals surface area contributed by atoms with Gasteiger partial charge in [-0.1, -0.05) is 23.2 Å². The monoisotopic (exact) mass is 433 g/mol. The minimum absolute atomic E-state index is 0.0882. The van der Waals surface area contributed by atoms with Gasteiger partial charge in [0.1, 0.15) is 23.3 Å². The van der Waals surface area contributed by atoms with Gasteiger partial charge in [-0.05, 0) is 30.3 Å². The lowest BCUT2D eigenvalue weighted by atomic mass is 10.2. The molecule has 0 bridgehead atoms. The number of nitrogens with one attached hydrogen (secondary N) is 1. The number of phenols is 1. The van der Waals surface area contributed by atoms with Crippen molar-refractivity contribution in [1.82, 2.24) is 14.8 Å². The molecule has 0 saturated heterocycles. The van der Waals surface area contributed by atoms with Crippen molar-refractivity contribution in [2.45, 2.75) is 6.18 Å². The first-order valence-electron chi connectivity index (χ1n) is 7.32. The van der Waals surface area contributed by atoms with Crippen molar-refractivity contribution in [1.29, 1.82) is 0 Å². The Balaban J connectivity index is 2.01. The molecule has 0 aliphatic heterocycles. The topological polar surface area (TPSA) is 97.2 Å². The molecule has 28 heavy (non-hydrogen) atoms. The fourth-order valence-corrected chi connectivity index (χ4v) is 2.78. The molecule has 3 rings (SSSR count). The molecular formula is C16H8Cl2F3N3O4. The highest BCUT2D eigenvalue weighted by molar-refractivity contribution is 6.37. The molecule has 0 saturated carbocycles. The van der Waals surface area contributed by atoms with Crippen molar-refractivity contribution < 1.29 is 23.0 Å². The molecule has 0 radical (unpaired) electrons. The van der Waals surface area contributed by atoms with Gasteiger partial charge >= 0.3 is 11.9 Å². The van der Waals surface area contributed by atoms with E-state index in [9.17, 15) is 27.9 Å². The molecular weight excluding hydrogens is 426 g/mol. The van der Waals surface area contributed by atoms with Crippen LogP contribution >= 0.6 is 23.2 Å². The van der Waals surface area contributed by atoms with E-state index in [-0.39, 0.29) is 27.2 Å². The number of benzene rings is 2. The molecule has 0 fully saturated rings. The third-order valence-electron chi connectivity index (χ3n) is 3.43. The normalized spacial score (nSPS) is 11.5. The number of aromatic hydroxyl groups is 1. The average Bonchev–Trinajstić information content (AvgIpc) is 2.58. The number of hydrogen-bond acceptors (Lipinski definition) is 5.